The Hall–Kier alpha value is -1.99. The number of nitrogens with one attached hydrogen (secondary N) is 1. The van der Waals surface area contributed by atoms with Crippen LogP contribution in [0.5, 0.6) is 0 Å². The van der Waals surface area contributed by atoms with Crippen molar-refractivity contribution < 1.29 is 9.90 Å². The Bertz CT molecular complexity index is 695. The van der Waals surface area contributed by atoms with Crippen molar-refractivity contribution in [2.75, 3.05) is 11.9 Å². The summed E-state index contributed by atoms with van der Waals surface area (Å²) >= 11 is 11.7. The molecule has 2 N–H and O–H groups in total. The molecule has 0 saturated heterocycles. The molecule has 2 rings (SSSR count). The third-order valence-corrected chi connectivity index (χ3v) is 3.02. The van der Waals surface area contributed by atoms with Crippen molar-refractivity contribution in [3.05, 3.63) is 63.6 Å². The summed E-state index contributed by atoms with van der Waals surface area (Å²) in [6.45, 7) is -0.186. The molecule has 0 aliphatic rings. The van der Waals surface area contributed by atoms with E-state index < -0.39 is 0 Å². The molecule has 106 valence electrons. The van der Waals surface area contributed by atoms with Gasteiger partial charge in [0.05, 0.1) is 0 Å². The van der Waals surface area contributed by atoms with E-state index in [1.165, 1.54) is 0 Å². The maximum absolute atomic E-state index is 12.1. The van der Waals surface area contributed by atoms with E-state index in [2.05, 4.69) is 17.2 Å². The van der Waals surface area contributed by atoms with Gasteiger partial charge in [-0.15, -0.1) is 0 Å². The summed E-state index contributed by atoms with van der Waals surface area (Å²) in [5, 5.41) is 12.2. The predicted molar refractivity (Wildman–Crippen MR) is 84.8 cm³/mol. The van der Waals surface area contributed by atoms with E-state index in [0.717, 1.165) is 5.56 Å². The summed E-state index contributed by atoms with van der Waals surface area (Å²) in [5.41, 5.74) is 1.77. The van der Waals surface area contributed by atoms with Crippen LogP contribution in [0.4, 0.5) is 5.69 Å². The van der Waals surface area contributed by atoms with Crippen molar-refractivity contribution >= 4 is 34.8 Å². The van der Waals surface area contributed by atoms with Crippen molar-refractivity contribution in [1.29, 1.82) is 0 Å². The Morgan fingerprint density at radius 2 is 1.71 bits per heavy atom. The second-order valence-corrected chi connectivity index (χ2v) is 5.02. The first-order valence-corrected chi connectivity index (χ1v) is 6.81. The maximum Gasteiger partial charge on any atom is 0.255 e. The van der Waals surface area contributed by atoms with Crippen molar-refractivity contribution in [3.63, 3.8) is 0 Å². The number of hydrogen-bond donors (Lipinski definition) is 2. The molecule has 0 aliphatic carbocycles. The first-order chi connectivity index (χ1) is 10.1. The summed E-state index contributed by atoms with van der Waals surface area (Å²) in [7, 11) is 0. The van der Waals surface area contributed by atoms with Gasteiger partial charge in [0.15, 0.2) is 0 Å². The number of aliphatic hydroxyl groups is 1. The van der Waals surface area contributed by atoms with Crippen LogP contribution in [0.15, 0.2) is 42.5 Å². The van der Waals surface area contributed by atoms with E-state index >= 15 is 0 Å². The molecule has 0 heterocycles. The van der Waals surface area contributed by atoms with Gasteiger partial charge in [-0.2, -0.15) is 0 Å². The molecule has 1 amide bonds. The van der Waals surface area contributed by atoms with Crippen molar-refractivity contribution in [3.8, 4) is 11.8 Å². The molecule has 3 nitrogen and oxygen atoms in total. The van der Waals surface area contributed by atoms with Gasteiger partial charge in [-0.1, -0.05) is 35.0 Å². The SMILES string of the molecule is O=C(Nc1ccc(C#CCO)cc1)c1cc(Cl)cc(Cl)c1. The number of benzene rings is 2. The van der Waals surface area contributed by atoms with E-state index in [1.54, 1.807) is 42.5 Å². The average Bonchev–Trinajstić information content (AvgIpc) is 2.45. The molecule has 0 unspecified atom stereocenters. The zero-order valence-corrected chi connectivity index (χ0v) is 12.4. The highest BCUT2D eigenvalue weighted by molar-refractivity contribution is 6.35. The normalized spacial score (nSPS) is 9.67. The molecule has 2 aromatic rings. The van der Waals surface area contributed by atoms with E-state index in [1.807, 2.05) is 0 Å². The molecule has 0 bridgehead atoms. The van der Waals surface area contributed by atoms with E-state index in [-0.39, 0.29) is 12.5 Å². The fourth-order valence-corrected chi connectivity index (χ4v) is 2.19. The third-order valence-electron chi connectivity index (χ3n) is 2.58. The molecule has 0 aliphatic heterocycles. The van der Waals surface area contributed by atoms with Gasteiger partial charge in [-0.25, -0.2) is 0 Å². The van der Waals surface area contributed by atoms with Crippen LogP contribution >= 0.6 is 23.2 Å². The standard InChI is InChI=1S/C16H11Cl2NO2/c17-13-8-12(9-14(18)10-13)16(21)19-15-5-3-11(4-6-15)2-1-7-20/h3-6,8-10,20H,7H2,(H,19,21). The summed E-state index contributed by atoms with van der Waals surface area (Å²) in [6.07, 6.45) is 0. The minimum absolute atomic E-state index is 0.186. The molecule has 0 spiro atoms. The highest BCUT2D eigenvalue weighted by Gasteiger charge is 2.08. The Morgan fingerprint density at radius 3 is 2.29 bits per heavy atom. The van der Waals surface area contributed by atoms with Gasteiger partial charge in [0.25, 0.3) is 5.91 Å². The molecule has 0 fully saturated rings. The average molecular weight is 320 g/mol. The number of hydrogen-bond acceptors (Lipinski definition) is 2. The van der Waals surface area contributed by atoms with Crippen molar-refractivity contribution in [1.82, 2.24) is 0 Å². The number of halogens is 2. The Kier molecular flexibility index (Phi) is 5.24. The number of carbonyl (C=O) groups is 1. The summed E-state index contributed by atoms with van der Waals surface area (Å²) < 4.78 is 0. The van der Waals surface area contributed by atoms with Crippen LogP contribution in [-0.2, 0) is 0 Å². The van der Waals surface area contributed by atoms with Gasteiger partial charge < -0.3 is 10.4 Å². The molecule has 0 radical (unpaired) electrons. The monoisotopic (exact) mass is 319 g/mol. The Labute approximate surface area is 132 Å². The molecule has 5 heteroatoms. The number of carbonyl (C=O) groups excluding carboxylic acids is 1. The van der Waals surface area contributed by atoms with E-state index in [9.17, 15) is 4.79 Å². The molecule has 21 heavy (non-hydrogen) atoms. The van der Waals surface area contributed by atoms with E-state index in [4.69, 9.17) is 28.3 Å². The minimum atomic E-state index is -0.298. The quantitative estimate of drug-likeness (QED) is 0.831. The zero-order chi connectivity index (χ0) is 15.2. The van der Waals surface area contributed by atoms with Gasteiger partial charge in [-0.05, 0) is 42.5 Å². The Morgan fingerprint density at radius 1 is 1.10 bits per heavy atom. The first kappa shape index (κ1) is 15.4. The van der Waals surface area contributed by atoms with Crippen LogP contribution in [0.2, 0.25) is 10.0 Å². The van der Waals surface area contributed by atoms with Crippen LogP contribution in [0, 0.1) is 11.8 Å². The van der Waals surface area contributed by atoms with Crippen molar-refractivity contribution in [2.24, 2.45) is 0 Å². The summed E-state index contributed by atoms with van der Waals surface area (Å²) in [4.78, 5) is 12.1. The lowest BCUT2D eigenvalue weighted by Crippen LogP contribution is -2.11. The van der Waals surface area contributed by atoms with Crippen LogP contribution in [0.3, 0.4) is 0 Å². The second-order valence-electron chi connectivity index (χ2n) is 4.15. The largest absolute Gasteiger partial charge is 0.384 e. The number of aliphatic hydroxyl groups excluding tert-OH is 1. The molecule has 0 atom stereocenters. The number of amides is 1. The van der Waals surface area contributed by atoms with Crippen LogP contribution < -0.4 is 5.32 Å². The Balaban J connectivity index is 2.12. The highest BCUT2D eigenvalue weighted by Crippen LogP contribution is 2.20. The molecular formula is C16H11Cl2NO2. The van der Waals surface area contributed by atoms with Gasteiger partial charge in [0.1, 0.15) is 6.61 Å². The lowest BCUT2D eigenvalue weighted by Gasteiger charge is -2.06. The van der Waals surface area contributed by atoms with Gasteiger partial charge in [0.2, 0.25) is 0 Å². The lowest BCUT2D eigenvalue weighted by atomic mass is 10.2. The summed E-state index contributed by atoms with van der Waals surface area (Å²) in [6, 6.07) is 11.6. The minimum Gasteiger partial charge on any atom is -0.384 e. The fraction of sp³-hybridized carbons (Fsp3) is 0.0625. The molecule has 0 aromatic heterocycles. The van der Waals surface area contributed by atoms with Crippen LogP contribution in [0.25, 0.3) is 0 Å². The third kappa shape index (κ3) is 4.51. The zero-order valence-electron chi connectivity index (χ0n) is 10.9. The number of anilines is 1. The first-order valence-electron chi connectivity index (χ1n) is 6.06. The summed E-state index contributed by atoms with van der Waals surface area (Å²) in [5.74, 6) is 5.03. The molecular weight excluding hydrogens is 309 g/mol. The van der Waals surface area contributed by atoms with Gasteiger partial charge in [0, 0.05) is 26.9 Å². The number of rotatable bonds is 2. The molecule has 2 aromatic carbocycles. The topological polar surface area (TPSA) is 49.3 Å². The highest BCUT2D eigenvalue weighted by atomic mass is 35.5. The fourth-order valence-electron chi connectivity index (χ4n) is 1.67. The van der Waals surface area contributed by atoms with E-state index in [0.29, 0.717) is 21.3 Å². The van der Waals surface area contributed by atoms with Crippen LogP contribution in [0.1, 0.15) is 15.9 Å². The van der Waals surface area contributed by atoms with Gasteiger partial charge in [-0.3, -0.25) is 4.79 Å². The van der Waals surface area contributed by atoms with Gasteiger partial charge >= 0.3 is 0 Å². The van der Waals surface area contributed by atoms with Crippen LogP contribution in [-0.4, -0.2) is 17.6 Å². The lowest BCUT2D eigenvalue weighted by molar-refractivity contribution is 0.102. The van der Waals surface area contributed by atoms with Crippen molar-refractivity contribution in [2.45, 2.75) is 0 Å². The smallest absolute Gasteiger partial charge is 0.255 e. The maximum atomic E-state index is 12.1. The predicted octanol–water partition coefficient (Wildman–Crippen LogP) is 3.59. The second kappa shape index (κ2) is 7.14. The molecule has 0 saturated carbocycles.